The molecular formula is C8H7ClNO3. The summed E-state index contributed by atoms with van der Waals surface area (Å²) in [4.78, 5) is 9.97. The zero-order valence-electron chi connectivity index (χ0n) is 6.91. The van der Waals surface area contributed by atoms with E-state index < -0.39 is 4.92 Å². The molecule has 13 heavy (non-hydrogen) atoms. The first-order valence-corrected chi connectivity index (χ1v) is 3.86. The number of hydrogen-bond donors (Lipinski definition) is 0. The third-order valence-electron chi connectivity index (χ3n) is 1.45. The molecule has 0 fully saturated rings. The van der Waals surface area contributed by atoms with Gasteiger partial charge in [0.2, 0.25) is 0 Å². The molecule has 1 rings (SSSR count). The fourth-order valence-electron chi connectivity index (χ4n) is 0.942. The molecule has 0 aliphatic heterocycles. The van der Waals surface area contributed by atoms with E-state index in [-0.39, 0.29) is 12.3 Å². The van der Waals surface area contributed by atoms with Gasteiger partial charge in [-0.25, -0.2) is 0 Å². The van der Waals surface area contributed by atoms with Gasteiger partial charge < -0.3 is 4.74 Å². The lowest BCUT2D eigenvalue weighted by Crippen LogP contribution is -1.96. The maximum atomic E-state index is 10.5. The van der Waals surface area contributed by atoms with Gasteiger partial charge >= 0.3 is 0 Å². The van der Waals surface area contributed by atoms with Crippen molar-refractivity contribution in [2.45, 2.75) is 6.61 Å². The van der Waals surface area contributed by atoms with Crippen LogP contribution in [0.25, 0.3) is 0 Å². The minimum absolute atomic E-state index is 0.0914. The van der Waals surface area contributed by atoms with Gasteiger partial charge in [0, 0.05) is 12.1 Å². The zero-order valence-corrected chi connectivity index (χ0v) is 7.67. The first kappa shape index (κ1) is 9.95. The maximum absolute atomic E-state index is 10.5. The lowest BCUT2D eigenvalue weighted by atomic mass is 10.2. The van der Waals surface area contributed by atoms with Crippen molar-refractivity contribution in [3.05, 3.63) is 38.9 Å². The van der Waals surface area contributed by atoms with Gasteiger partial charge in [-0.3, -0.25) is 10.1 Å². The van der Waals surface area contributed by atoms with Crippen LogP contribution < -0.4 is 0 Å². The van der Waals surface area contributed by atoms with Crippen LogP contribution in [0.4, 0.5) is 5.69 Å². The van der Waals surface area contributed by atoms with Crippen LogP contribution in [0.2, 0.25) is 5.02 Å². The van der Waals surface area contributed by atoms with Gasteiger partial charge in [-0.1, -0.05) is 11.6 Å². The van der Waals surface area contributed by atoms with Crippen LogP contribution in [0, 0.1) is 16.2 Å². The highest BCUT2D eigenvalue weighted by molar-refractivity contribution is 6.30. The van der Waals surface area contributed by atoms with Gasteiger partial charge in [0.1, 0.15) is 0 Å². The predicted octanol–water partition coefficient (Wildman–Crippen LogP) is 2.19. The largest absolute Gasteiger partial charge is 0.380 e. The molecule has 0 aliphatic rings. The van der Waals surface area contributed by atoms with Gasteiger partial charge in [0.15, 0.2) is 0 Å². The van der Waals surface area contributed by atoms with Crippen LogP contribution in [-0.2, 0) is 11.3 Å². The number of methoxy groups -OCH3 is 1. The SMILES string of the molecule is COCc1cc(Cl)c[c]c1[N+](=O)[O-]. The second kappa shape index (κ2) is 4.20. The highest BCUT2D eigenvalue weighted by Gasteiger charge is 2.13. The van der Waals surface area contributed by atoms with Gasteiger partial charge in [-0.15, -0.1) is 0 Å². The standard InChI is InChI=1S/C8H7ClNO3/c1-13-5-6-4-7(9)2-3-8(6)10(11)12/h2,4H,5H2,1H3. The van der Waals surface area contributed by atoms with Crippen LogP contribution in [0.5, 0.6) is 0 Å². The van der Waals surface area contributed by atoms with E-state index in [2.05, 4.69) is 6.07 Å². The predicted molar refractivity (Wildman–Crippen MR) is 47.7 cm³/mol. The Morgan fingerprint density at radius 1 is 1.77 bits per heavy atom. The topological polar surface area (TPSA) is 52.4 Å². The fourth-order valence-corrected chi connectivity index (χ4v) is 1.13. The molecule has 69 valence electrons. The summed E-state index contributed by atoms with van der Waals surface area (Å²) in [6, 6.07) is 5.34. The summed E-state index contributed by atoms with van der Waals surface area (Å²) in [7, 11) is 1.46. The Bertz CT molecular complexity index is 327. The number of nitrogens with zero attached hydrogens (tertiary/aromatic N) is 1. The molecule has 0 saturated carbocycles. The van der Waals surface area contributed by atoms with Crippen molar-refractivity contribution in [3.8, 4) is 0 Å². The third-order valence-corrected chi connectivity index (χ3v) is 1.66. The van der Waals surface area contributed by atoms with Crippen molar-refractivity contribution in [1.82, 2.24) is 0 Å². The number of ether oxygens (including phenoxy) is 1. The monoisotopic (exact) mass is 200 g/mol. The van der Waals surface area contributed by atoms with Gasteiger partial charge in [0.05, 0.1) is 23.2 Å². The Hall–Kier alpha value is -1.13. The van der Waals surface area contributed by atoms with Crippen molar-refractivity contribution in [1.29, 1.82) is 0 Å². The molecule has 0 amide bonds. The van der Waals surface area contributed by atoms with Crippen LogP contribution in [-0.4, -0.2) is 12.0 Å². The van der Waals surface area contributed by atoms with E-state index in [1.54, 1.807) is 0 Å². The quantitative estimate of drug-likeness (QED) is 0.555. The second-order valence-electron chi connectivity index (χ2n) is 2.38. The number of halogens is 1. The molecule has 0 atom stereocenters. The number of rotatable bonds is 3. The summed E-state index contributed by atoms with van der Waals surface area (Å²) >= 11 is 5.65. The molecular weight excluding hydrogens is 194 g/mol. The van der Waals surface area contributed by atoms with Crippen LogP contribution in [0.3, 0.4) is 0 Å². The summed E-state index contributed by atoms with van der Waals surface area (Å²) in [5.41, 5.74) is 0.339. The Kier molecular flexibility index (Phi) is 3.22. The van der Waals surface area contributed by atoms with Crippen LogP contribution >= 0.6 is 11.6 Å². The molecule has 0 bridgehead atoms. The molecule has 1 radical (unpaired) electrons. The molecule has 4 nitrogen and oxygen atoms in total. The van der Waals surface area contributed by atoms with E-state index in [1.165, 1.54) is 19.2 Å². The van der Waals surface area contributed by atoms with E-state index in [0.29, 0.717) is 10.6 Å². The molecule has 1 aromatic carbocycles. The van der Waals surface area contributed by atoms with Gasteiger partial charge in [-0.2, -0.15) is 0 Å². The average molecular weight is 201 g/mol. The van der Waals surface area contributed by atoms with Gasteiger partial charge in [-0.05, 0) is 12.1 Å². The molecule has 0 heterocycles. The van der Waals surface area contributed by atoms with Crippen molar-refractivity contribution < 1.29 is 9.66 Å². The summed E-state index contributed by atoms with van der Waals surface area (Å²) < 4.78 is 4.79. The summed E-state index contributed by atoms with van der Waals surface area (Å²) in [6.45, 7) is 0.160. The molecule has 0 N–H and O–H groups in total. The Balaban J connectivity index is 3.10. The first-order valence-electron chi connectivity index (χ1n) is 3.48. The first-order chi connectivity index (χ1) is 6.15. The van der Waals surface area contributed by atoms with Crippen LogP contribution in [0.1, 0.15) is 5.56 Å². The normalized spacial score (nSPS) is 10.0. The number of benzene rings is 1. The molecule has 0 saturated heterocycles. The van der Waals surface area contributed by atoms with Crippen molar-refractivity contribution in [2.24, 2.45) is 0 Å². The molecule has 0 spiro atoms. The lowest BCUT2D eigenvalue weighted by molar-refractivity contribution is -0.386. The zero-order chi connectivity index (χ0) is 9.84. The molecule has 0 aliphatic carbocycles. The minimum atomic E-state index is -0.509. The third kappa shape index (κ3) is 2.40. The molecule has 0 aromatic heterocycles. The van der Waals surface area contributed by atoms with E-state index in [4.69, 9.17) is 16.3 Å². The second-order valence-corrected chi connectivity index (χ2v) is 2.82. The smallest absolute Gasteiger partial charge is 0.283 e. The van der Waals surface area contributed by atoms with E-state index >= 15 is 0 Å². The van der Waals surface area contributed by atoms with E-state index in [0.717, 1.165) is 0 Å². The minimum Gasteiger partial charge on any atom is -0.380 e. The van der Waals surface area contributed by atoms with Crippen molar-refractivity contribution in [3.63, 3.8) is 0 Å². The van der Waals surface area contributed by atoms with E-state index in [1.807, 2.05) is 0 Å². The molecule has 0 unspecified atom stereocenters. The fraction of sp³-hybridized carbons (Fsp3) is 0.250. The van der Waals surface area contributed by atoms with Gasteiger partial charge in [0.25, 0.3) is 5.69 Å². The Labute approximate surface area is 80.2 Å². The summed E-state index contributed by atoms with van der Waals surface area (Å²) in [5, 5.41) is 10.9. The molecule has 1 aromatic rings. The number of hydrogen-bond acceptors (Lipinski definition) is 3. The highest BCUT2D eigenvalue weighted by Crippen LogP contribution is 2.22. The number of nitro benzene ring substituents is 1. The summed E-state index contributed by atoms with van der Waals surface area (Å²) in [5.74, 6) is 0. The molecule has 5 heteroatoms. The lowest BCUT2D eigenvalue weighted by Gasteiger charge is -2.00. The van der Waals surface area contributed by atoms with Crippen molar-refractivity contribution >= 4 is 17.3 Å². The van der Waals surface area contributed by atoms with Crippen molar-refractivity contribution in [2.75, 3.05) is 7.11 Å². The van der Waals surface area contributed by atoms with Crippen LogP contribution in [0.15, 0.2) is 12.1 Å². The van der Waals surface area contributed by atoms with E-state index in [9.17, 15) is 10.1 Å². The Morgan fingerprint density at radius 3 is 3.00 bits per heavy atom. The highest BCUT2D eigenvalue weighted by atomic mass is 35.5. The average Bonchev–Trinajstić information content (AvgIpc) is 2.04. The summed E-state index contributed by atoms with van der Waals surface area (Å²) in [6.07, 6.45) is 0. The Morgan fingerprint density at radius 2 is 2.46 bits per heavy atom. The maximum Gasteiger partial charge on any atom is 0.283 e. The number of nitro groups is 1.